The maximum atomic E-state index is 11.9. The molecule has 0 aliphatic carbocycles. The average Bonchev–Trinajstić information content (AvgIpc) is 2.46. The molecule has 2 rings (SSSR count). The first-order chi connectivity index (χ1) is 9.56. The number of carbonyl (C=O) groups is 2. The van der Waals surface area contributed by atoms with Gasteiger partial charge >= 0.3 is 12.0 Å². The Kier molecular flexibility index (Phi) is 3.71. The second-order valence-corrected chi connectivity index (χ2v) is 4.34. The van der Waals surface area contributed by atoms with Crippen LogP contribution < -0.4 is 10.6 Å². The second kappa shape index (κ2) is 5.45. The van der Waals surface area contributed by atoms with Crippen molar-refractivity contribution in [2.75, 3.05) is 7.11 Å². The number of esters is 1. The van der Waals surface area contributed by atoms with E-state index >= 15 is 0 Å². The van der Waals surface area contributed by atoms with Crippen molar-refractivity contribution in [2.24, 2.45) is 5.92 Å². The monoisotopic (exact) mass is 271 g/mol. The van der Waals surface area contributed by atoms with Crippen LogP contribution in [0.5, 0.6) is 0 Å². The predicted molar refractivity (Wildman–Crippen MR) is 70.2 cm³/mol. The minimum Gasteiger partial charge on any atom is -0.468 e. The van der Waals surface area contributed by atoms with Crippen LogP contribution in [0.1, 0.15) is 17.2 Å². The lowest BCUT2D eigenvalue weighted by Gasteiger charge is -2.32. The Morgan fingerprint density at radius 2 is 2.05 bits per heavy atom. The number of nitriles is 1. The highest BCUT2D eigenvalue weighted by Crippen LogP contribution is 2.30. The van der Waals surface area contributed by atoms with Gasteiger partial charge in [0.15, 0.2) is 0 Å². The molecule has 1 aliphatic rings. The standard InChI is InChI=1S/C14H13N3O3/c1-8-11(13(18)20-2)12(17-14(19)16-8)10-5-3-9(7-15)4-6-10/h3-6,11-12H,1H2,2H3,(H2,16,17,19)/t11-,12-/m1/s1. The third-order valence-electron chi connectivity index (χ3n) is 3.12. The van der Waals surface area contributed by atoms with Crippen LogP contribution in [0, 0.1) is 17.2 Å². The normalized spacial score (nSPS) is 21.4. The van der Waals surface area contributed by atoms with E-state index in [1.54, 1.807) is 24.3 Å². The number of hydrogen-bond acceptors (Lipinski definition) is 4. The van der Waals surface area contributed by atoms with Crippen molar-refractivity contribution in [1.82, 2.24) is 10.6 Å². The van der Waals surface area contributed by atoms with Gasteiger partial charge < -0.3 is 15.4 Å². The third-order valence-corrected chi connectivity index (χ3v) is 3.12. The maximum Gasteiger partial charge on any atom is 0.319 e. The topological polar surface area (TPSA) is 91.2 Å². The summed E-state index contributed by atoms with van der Waals surface area (Å²) in [4.78, 5) is 23.4. The van der Waals surface area contributed by atoms with Crippen molar-refractivity contribution in [1.29, 1.82) is 5.26 Å². The van der Waals surface area contributed by atoms with Crippen molar-refractivity contribution in [3.05, 3.63) is 47.7 Å². The first kappa shape index (κ1) is 13.6. The summed E-state index contributed by atoms with van der Waals surface area (Å²) in [7, 11) is 1.28. The Balaban J connectivity index is 2.37. The molecule has 0 bridgehead atoms. The number of ether oxygens (including phenoxy) is 1. The molecule has 1 fully saturated rings. The lowest BCUT2D eigenvalue weighted by Crippen LogP contribution is -2.51. The molecule has 20 heavy (non-hydrogen) atoms. The highest BCUT2D eigenvalue weighted by molar-refractivity contribution is 5.85. The van der Waals surface area contributed by atoms with Gasteiger partial charge in [0.2, 0.25) is 0 Å². The summed E-state index contributed by atoms with van der Waals surface area (Å²) >= 11 is 0. The summed E-state index contributed by atoms with van der Waals surface area (Å²) in [6, 6.07) is 7.65. The van der Waals surface area contributed by atoms with Gasteiger partial charge in [-0.25, -0.2) is 4.79 Å². The van der Waals surface area contributed by atoms with Crippen LogP contribution in [0.25, 0.3) is 0 Å². The molecule has 1 heterocycles. The van der Waals surface area contributed by atoms with Gasteiger partial charge in [-0.2, -0.15) is 5.26 Å². The van der Waals surface area contributed by atoms with E-state index < -0.39 is 24.0 Å². The van der Waals surface area contributed by atoms with Crippen LogP contribution >= 0.6 is 0 Å². The van der Waals surface area contributed by atoms with Crippen LogP contribution in [-0.2, 0) is 9.53 Å². The van der Waals surface area contributed by atoms with Crippen molar-refractivity contribution >= 4 is 12.0 Å². The molecule has 1 aromatic rings. The number of nitrogens with zero attached hydrogens (tertiary/aromatic N) is 1. The molecular weight excluding hydrogens is 258 g/mol. The zero-order chi connectivity index (χ0) is 14.7. The van der Waals surface area contributed by atoms with E-state index in [1.165, 1.54) is 7.11 Å². The number of benzene rings is 1. The van der Waals surface area contributed by atoms with Gasteiger partial charge in [0, 0.05) is 5.70 Å². The first-order valence-electron chi connectivity index (χ1n) is 5.91. The summed E-state index contributed by atoms with van der Waals surface area (Å²) in [6.45, 7) is 3.70. The van der Waals surface area contributed by atoms with E-state index in [1.807, 2.05) is 6.07 Å². The predicted octanol–water partition coefficient (Wildman–Crippen LogP) is 1.22. The van der Waals surface area contributed by atoms with E-state index in [9.17, 15) is 9.59 Å². The fourth-order valence-electron chi connectivity index (χ4n) is 2.13. The Bertz CT molecular complexity index is 601. The van der Waals surface area contributed by atoms with Gasteiger partial charge in [-0.05, 0) is 17.7 Å². The lowest BCUT2D eigenvalue weighted by atomic mass is 9.89. The van der Waals surface area contributed by atoms with Gasteiger partial charge in [-0.3, -0.25) is 4.79 Å². The molecule has 0 unspecified atom stereocenters. The summed E-state index contributed by atoms with van der Waals surface area (Å²) in [6.07, 6.45) is 0. The van der Waals surface area contributed by atoms with Crippen molar-refractivity contribution in [2.45, 2.75) is 6.04 Å². The molecule has 2 amide bonds. The molecule has 0 spiro atoms. The van der Waals surface area contributed by atoms with Gasteiger partial charge in [-0.15, -0.1) is 0 Å². The molecule has 6 nitrogen and oxygen atoms in total. The van der Waals surface area contributed by atoms with Gasteiger partial charge in [0.25, 0.3) is 0 Å². The number of urea groups is 1. The highest BCUT2D eigenvalue weighted by Gasteiger charge is 2.38. The van der Waals surface area contributed by atoms with Crippen LogP contribution in [-0.4, -0.2) is 19.1 Å². The maximum absolute atomic E-state index is 11.9. The molecule has 1 saturated heterocycles. The van der Waals surface area contributed by atoms with Crippen LogP contribution in [0.2, 0.25) is 0 Å². The van der Waals surface area contributed by atoms with Crippen LogP contribution in [0.3, 0.4) is 0 Å². The Morgan fingerprint density at radius 1 is 1.40 bits per heavy atom. The Labute approximate surface area is 116 Å². The largest absolute Gasteiger partial charge is 0.468 e. The van der Waals surface area contributed by atoms with Gasteiger partial charge in [-0.1, -0.05) is 18.7 Å². The zero-order valence-corrected chi connectivity index (χ0v) is 10.8. The molecule has 6 heteroatoms. The van der Waals surface area contributed by atoms with E-state index in [4.69, 9.17) is 10.00 Å². The molecule has 0 aromatic heterocycles. The van der Waals surface area contributed by atoms with Gasteiger partial charge in [0.1, 0.15) is 5.92 Å². The van der Waals surface area contributed by atoms with E-state index in [2.05, 4.69) is 17.2 Å². The Morgan fingerprint density at radius 3 is 2.60 bits per heavy atom. The molecule has 102 valence electrons. The average molecular weight is 271 g/mol. The van der Waals surface area contributed by atoms with E-state index in [0.717, 1.165) is 0 Å². The number of amides is 2. The molecule has 2 atom stereocenters. The first-order valence-corrected chi connectivity index (χ1v) is 5.91. The number of nitrogens with one attached hydrogen (secondary N) is 2. The fourth-order valence-corrected chi connectivity index (χ4v) is 2.13. The summed E-state index contributed by atoms with van der Waals surface area (Å²) in [5, 5.41) is 13.9. The molecule has 0 saturated carbocycles. The van der Waals surface area contributed by atoms with Gasteiger partial charge in [0.05, 0.1) is 24.8 Å². The molecule has 1 aliphatic heterocycles. The van der Waals surface area contributed by atoms with Crippen molar-refractivity contribution < 1.29 is 14.3 Å². The number of carbonyl (C=O) groups excluding carboxylic acids is 2. The Hall–Kier alpha value is -2.81. The van der Waals surface area contributed by atoms with Crippen molar-refractivity contribution in [3.63, 3.8) is 0 Å². The minimum absolute atomic E-state index is 0.287. The van der Waals surface area contributed by atoms with E-state index in [-0.39, 0.29) is 5.70 Å². The summed E-state index contributed by atoms with van der Waals surface area (Å²) in [5.41, 5.74) is 1.49. The zero-order valence-electron chi connectivity index (χ0n) is 10.8. The fraction of sp³-hybridized carbons (Fsp3) is 0.214. The SMILES string of the molecule is C=C1NC(=O)N[C@H](c2ccc(C#N)cc2)[C@@H]1C(=O)OC. The summed E-state index contributed by atoms with van der Waals surface area (Å²) < 4.78 is 4.75. The van der Waals surface area contributed by atoms with Crippen LogP contribution in [0.15, 0.2) is 36.5 Å². The van der Waals surface area contributed by atoms with E-state index in [0.29, 0.717) is 11.1 Å². The third kappa shape index (κ3) is 2.47. The molecule has 1 aromatic carbocycles. The molecule has 0 radical (unpaired) electrons. The number of hydrogen-bond donors (Lipinski definition) is 2. The van der Waals surface area contributed by atoms with Crippen molar-refractivity contribution in [3.8, 4) is 6.07 Å². The number of methoxy groups -OCH3 is 1. The van der Waals surface area contributed by atoms with Crippen LogP contribution in [0.4, 0.5) is 4.79 Å². The quantitative estimate of drug-likeness (QED) is 0.791. The number of rotatable bonds is 2. The molecular formula is C14H13N3O3. The summed E-state index contributed by atoms with van der Waals surface area (Å²) in [5.74, 6) is -1.21. The highest BCUT2D eigenvalue weighted by atomic mass is 16.5. The smallest absolute Gasteiger partial charge is 0.319 e. The second-order valence-electron chi connectivity index (χ2n) is 4.34. The molecule has 2 N–H and O–H groups in total. The lowest BCUT2D eigenvalue weighted by molar-refractivity contribution is -0.145. The minimum atomic E-state index is -0.717.